The second-order valence-corrected chi connectivity index (χ2v) is 15.0. The third kappa shape index (κ3) is 4.34. The molecule has 4 nitrogen and oxygen atoms in total. The lowest BCUT2D eigenvalue weighted by molar-refractivity contribution is -0.151. The van der Waals surface area contributed by atoms with Crippen molar-refractivity contribution in [2.24, 2.45) is 45.8 Å². The molecule has 4 fully saturated rings. The van der Waals surface area contributed by atoms with E-state index in [0.717, 1.165) is 30.3 Å². The number of ether oxygens (including phenoxy) is 1. The van der Waals surface area contributed by atoms with E-state index in [1.165, 1.54) is 63.4 Å². The SMILES string of the molecule is CC(C)C1=C2C3CCC4C5(C)CCCCC5CCC4(C)C3CCC2(CCOC(=N)c2ccc(Cl)cn2)CC1=O. The van der Waals surface area contributed by atoms with Crippen molar-refractivity contribution in [2.45, 2.75) is 105 Å². The second-order valence-electron chi connectivity index (χ2n) is 14.5. The van der Waals surface area contributed by atoms with Crippen molar-refractivity contribution in [3.63, 3.8) is 0 Å². The lowest BCUT2D eigenvalue weighted by atomic mass is 9.39. The maximum absolute atomic E-state index is 13.7. The number of aromatic nitrogens is 1. The molecule has 6 rings (SSSR count). The summed E-state index contributed by atoms with van der Waals surface area (Å²) in [5.41, 5.74) is 3.97. The molecule has 5 heteroatoms. The molecule has 0 saturated heterocycles. The highest BCUT2D eigenvalue weighted by atomic mass is 35.5. The van der Waals surface area contributed by atoms with Gasteiger partial charge in [0.05, 0.1) is 11.6 Å². The molecule has 7 atom stereocenters. The van der Waals surface area contributed by atoms with Crippen molar-refractivity contribution in [1.82, 2.24) is 4.98 Å². The molecule has 212 valence electrons. The average Bonchev–Trinajstić information content (AvgIpc) is 3.21. The fraction of sp³-hybridized carbons (Fsp3) is 0.735. The van der Waals surface area contributed by atoms with Gasteiger partial charge >= 0.3 is 0 Å². The minimum atomic E-state index is -0.0965. The number of hydrogen-bond donors (Lipinski definition) is 1. The molecule has 0 radical (unpaired) electrons. The van der Waals surface area contributed by atoms with Crippen LogP contribution in [-0.4, -0.2) is 23.3 Å². The van der Waals surface area contributed by atoms with Crippen LogP contribution >= 0.6 is 11.6 Å². The van der Waals surface area contributed by atoms with Gasteiger partial charge in [-0.1, -0.05) is 57.7 Å². The molecule has 0 aliphatic heterocycles. The van der Waals surface area contributed by atoms with Crippen molar-refractivity contribution in [2.75, 3.05) is 6.61 Å². The normalized spacial score (nSPS) is 39.6. The summed E-state index contributed by atoms with van der Waals surface area (Å²) in [5, 5.41) is 8.96. The molecule has 5 aliphatic rings. The van der Waals surface area contributed by atoms with Crippen molar-refractivity contribution in [1.29, 1.82) is 5.41 Å². The molecule has 0 spiro atoms. The molecule has 39 heavy (non-hydrogen) atoms. The topological polar surface area (TPSA) is 63.0 Å². The third-order valence-corrected chi connectivity index (χ3v) is 12.7. The van der Waals surface area contributed by atoms with Gasteiger partial charge in [-0.15, -0.1) is 0 Å². The molecule has 4 saturated carbocycles. The number of carbonyl (C=O) groups is 1. The van der Waals surface area contributed by atoms with Crippen molar-refractivity contribution >= 4 is 23.3 Å². The Hall–Kier alpha value is -1.68. The van der Waals surface area contributed by atoms with Crippen molar-refractivity contribution in [3.05, 3.63) is 40.2 Å². The number of ketones is 1. The van der Waals surface area contributed by atoms with Crippen LogP contribution < -0.4 is 0 Å². The molecule has 7 unspecified atom stereocenters. The van der Waals surface area contributed by atoms with Gasteiger partial charge in [-0.3, -0.25) is 10.2 Å². The minimum Gasteiger partial charge on any atom is -0.476 e. The molecule has 1 aromatic heterocycles. The number of nitrogens with zero attached hydrogens (tertiary/aromatic N) is 1. The number of halogens is 1. The van der Waals surface area contributed by atoms with E-state index in [-0.39, 0.29) is 17.2 Å². The molecule has 1 aromatic rings. The van der Waals surface area contributed by atoms with Gasteiger partial charge in [-0.2, -0.15) is 0 Å². The Morgan fingerprint density at radius 2 is 1.90 bits per heavy atom. The van der Waals surface area contributed by atoms with E-state index in [1.54, 1.807) is 18.3 Å². The van der Waals surface area contributed by atoms with E-state index in [4.69, 9.17) is 21.7 Å². The summed E-state index contributed by atoms with van der Waals surface area (Å²) >= 11 is 5.97. The van der Waals surface area contributed by atoms with Crippen LogP contribution in [0.5, 0.6) is 0 Å². The number of rotatable bonds is 5. The third-order valence-electron chi connectivity index (χ3n) is 12.5. The summed E-state index contributed by atoms with van der Waals surface area (Å²) in [6.45, 7) is 10.2. The fourth-order valence-corrected chi connectivity index (χ4v) is 11.0. The largest absolute Gasteiger partial charge is 0.476 e. The Bertz CT molecular complexity index is 1170. The number of carbonyl (C=O) groups excluding carboxylic acids is 1. The average molecular weight is 551 g/mol. The number of Topliss-reactive ketones (excluding diaryl/α,β-unsaturated/α-hetero) is 1. The molecule has 1 N–H and O–H groups in total. The van der Waals surface area contributed by atoms with Gasteiger partial charge in [-0.25, -0.2) is 4.98 Å². The molecular formula is C34H47ClN2O2. The van der Waals surface area contributed by atoms with Crippen LogP contribution in [0.1, 0.15) is 110 Å². The van der Waals surface area contributed by atoms with Crippen LogP contribution in [0.25, 0.3) is 0 Å². The smallest absolute Gasteiger partial charge is 0.232 e. The van der Waals surface area contributed by atoms with Gasteiger partial charge < -0.3 is 4.74 Å². The number of nitrogens with one attached hydrogen (secondary N) is 1. The monoisotopic (exact) mass is 550 g/mol. The van der Waals surface area contributed by atoms with E-state index in [9.17, 15) is 4.79 Å². The molecule has 1 heterocycles. The van der Waals surface area contributed by atoms with Gasteiger partial charge in [0.1, 0.15) is 5.69 Å². The van der Waals surface area contributed by atoms with Crippen LogP contribution in [0.4, 0.5) is 0 Å². The van der Waals surface area contributed by atoms with Gasteiger partial charge in [0.2, 0.25) is 5.90 Å². The van der Waals surface area contributed by atoms with Gasteiger partial charge in [0.25, 0.3) is 0 Å². The Labute approximate surface area is 240 Å². The first-order valence-electron chi connectivity index (χ1n) is 15.7. The zero-order valence-corrected chi connectivity index (χ0v) is 25.2. The Morgan fingerprint density at radius 1 is 1.08 bits per heavy atom. The summed E-state index contributed by atoms with van der Waals surface area (Å²) in [5.74, 6) is 3.70. The number of allylic oxidation sites excluding steroid dienone is 2. The minimum absolute atomic E-state index is 0.0844. The molecule has 5 aliphatic carbocycles. The van der Waals surface area contributed by atoms with E-state index in [0.29, 0.717) is 52.2 Å². The van der Waals surface area contributed by atoms with E-state index < -0.39 is 0 Å². The highest BCUT2D eigenvalue weighted by molar-refractivity contribution is 6.30. The Morgan fingerprint density at radius 3 is 2.64 bits per heavy atom. The van der Waals surface area contributed by atoms with Crippen LogP contribution in [0.15, 0.2) is 29.5 Å². The highest BCUT2D eigenvalue weighted by Crippen LogP contribution is 2.71. The summed E-state index contributed by atoms with van der Waals surface area (Å²) in [6.07, 6.45) is 16.4. The van der Waals surface area contributed by atoms with E-state index in [1.807, 2.05) is 0 Å². The zero-order chi connectivity index (χ0) is 27.6. The summed E-state index contributed by atoms with van der Waals surface area (Å²) < 4.78 is 5.96. The Kier molecular flexibility index (Phi) is 7.05. The van der Waals surface area contributed by atoms with Crippen LogP contribution in [0.2, 0.25) is 5.02 Å². The van der Waals surface area contributed by atoms with E-state index >= 15 is 0 Å². The number of hydrogen-bond acceptors (Lipinski definition) is 4. The highest BCUT2D eigenvalue weighted by Gasteiger charge is 2.63. The summed E-state index contributed by atoms with van der Waals surface area (Å²) in [4.78, 5) is 17.9. The standard InChI is InChI=1S/C34H47ClN2O2/c1-21(2)29-27(38)19-34(17-18-39-31(36)26-10-8-23(35)20-37-26)16-13-25-24(30(29)34)9-11-28-32(3)14-6-5-7-22(32)12-15-33(25,28)4/h8,10,20-22,24-25,28,36H,5-7,9,11-19H2,1-4H3. The lowest BCUT2D eigenvalue weighted by Gasteiger charge is -2.66. The zero-order valence-electron chi connectivity index (χ0n) is 24.5. The van der Waals surface area contributed by atoms with Crippen LogP contribution in [-0.2, 0) is 9.53 Å². The van der Waals surface area contributed by atoms with Gasteiger partial charge in [-0.05, 0) is 116 Å². The number of fused-ring (bicyclic) bond motifs is 7. The quantitative estimate of drug-likeness (QED) is 0.294. The molecule has 0 amide bonds. The first kappa shape index (κ1) is 27.5. The Balaban J connectivity index is 1.27. The van der Waals surface area contributed by atoms with Crippen LogP contribution in [0, 0.1) is 51.2 Å². The summed E-state index contributed by atoms with van der Waals surface area (Å²) in [7, 11) is 0. The fourth-order valence-electron chi connectivity index (χ4n) is 10.9. The number of pyridine rings is 1. The predicted molar refractivity (Wildman–Crippen MR) is 157 cm³/mol. The second kappa shape index (κ2) is 10.00. The van der Waals surface area contributed by atoms with E-state index in [2.05, 4.69) is 32.7 Å². The first-order chi connectivity index (χ1) is 18.6. The maximum atomic E-state index is 13.7. The van der Waals surface area contributed by atoms with Gasteiger partial charge in [0.15, 0.2) is 5.78 Å². The lowest BCUT2D eigenvalue weighted by Crippen LogP contribution is -2.58. The first-order valence-corrected chi connectivity index (χ1v) is 16.1. The molecular weight excluding hydrogens is 504 g/mol. The van der Waals surface area contributed by atoms with Crippen molar-refractivity contribution in [3.8, 4) is 0 Å². The van der Waals surface area contributed by atoms with Gasteiger partial charge in [0, 0.05) is 18.0 Å². The molecule has 0 bridgehead atoms. The van der Waals surface area contributed by atoms with Crippen LogP contribution in [0.3, 0.4) is 0 Å². The summed E-state index contributed by atoms with van der Waals surface area (Å²) in [6, 6.07) is 3.47. The van der Waals surface area contributed by atoms with Crippen molar-refractivity contribution < 1.29 is 9.53 Å². The molecule has 0 aromatic carbocycles. The predicted octanol–water partition coefficient (Wildman–Crippen LogP) is 8.81. The maximum Gasteiger partial charge on any atom is 0.232 e.